The van der Waals surface area contributed by atoms with Gasteiger partial charge in [0.05, 0.1) is 11.9 Å². The number of aryl methyl sites for hydroxylation is 2. The van der Waals surface area contributed by atoms with Crippen molar-refractivity contribution in [2.24, 2.45) is 0 Å². The van der Waals surface area contributed by atoms with Gasteiger partial charge in [-0.1, -0.05) is 26.8 Å². The number of aromatic nitrogens is 4. The minimum atomic E-state index is -0.0373. The first kappa shape index (κ1) is 24.6. The molecule has 1 aromatic carbocycles. The lowest BCUT2D eigenvalue weighted by Crippen LogP contribution is -2.46. The summed E-state index contributed by atoms with van der Waals surface area (Å²) in [5.74, 6) is 1.37. The van der Waals surface area contributed by atoms with E-state index in [9.17, 15) is 0 Å². The van der Waals surface area contributed by atoms with E-state index in [0.29, 0.717) is 16.7 Å². The Balaban J connectivity index is 0.00000289. The fourth-order valence-electron chi connectivity index (χ4n) is 3.67. The maximum Gasteiger partial charge on any atom is 0.299 e. The molecule has 2 aromatic heterocycles. The van der Waals surface area contributed by atoms with E-state index in [2.05, 4.69) is 77.9 Å². The number of benzene rings is 1. The first-order valence-electron chi connectivity index (χ1n) is 10.9. The van der Waals surface area contributed by atoms with Crippen molar-refractivity contribution < 1.29 is 4.74 Å². The van der Waals surface area contributed by atoms with Crippen molar-refractivity contribution in [3.05, 3.63) is 46.9 Å². The van der Waals surface area contributed by atoms with Crippen LogP contribution in [0.15, 0.2) is 24.5 Å². The van der Waals surface area contributed by atoms with E-state index in [4.69, 9.17) is 4.74 Å². The highest BCUT2D eigenvalue weighted by molar-refractivity contribution is 7.07. The third-order valence-corrected chi connectivity index (χ3v) is 6.61. The van der Waals surface area contributed by atoms with Gasteiger partial charge >= 0.3 is 0 Å². The minimum Gasteiger partial charge on any atom is -0.430 e. The van der Waals surface area contributed by atoms with Gasteiger partial charge in [0.25, 0.3) is 5.19 Å². The van der Waals surface area contributed by atoms with Gasteiger partial charge in [-0.3, -0.25) is 4.98 Å². The zero-order valence-corrected chi connectivity index (χ0v) is 21.3. The Hall–Kier alpha value is -2.09. The van der Waals surface area contributed by atoms with Crippen molar-refractivity contribution >= 4 is 23.9 Å². The number of hydrogen-bond donors (Lipinski definition) is 0. The topological polar surface area (TPSA) is 64.0 Å². The second-order valence-electron chi connectivity index (χ2n) is 9.49. The molecule has 6 nitrogen and oxygen atoms in total. The van der Waals surface area contributed by atoms with E-state index >= 15 is 0 Å². The molecule has 8 heteroatoms. The van der Waals surface area contributed by atoms with Gasteiger partial charge in [0, 0.05) is 35.7 Å². The number of rotatable bonds is 6. The molecule has 0 amide bonds. The summed E-state index contributed by atoms with van der Waals surface area (Å²) in [5, 5.41) is 0.515. The molecule has 0 aliphatic carbocycles. The van der Waals surface area contributed by atoms with Crippen LogP contribution < -0.4 is 4.74 Å². The minimum absolute atomic E-state index is 0. The molecular formula is C24H32ClN5OS. The van der Waals surface area contributed by atoms with Crippen molar-refractivity contribution in [2.45, 2.75) is 65.8 Å². The van der Waals surface area contributed by atoms with Gasteiger partial charge in [0.1, 0.15) is 11.4 Å². The lowest BCUT2D eigenvalue weighted by molar-refractivity contribution is 0.106. The van der Waals surface area contributed by atoms with Gasteiger partial charge in [-0.2, -0.15) is 9.36 Å². The molecule has 1 fully saturated rings. The van der Waals surface area contributed by atoms with Crippen molar-refractivity contribution in [2.75, 3.05) is 13.1 Å². The van der Waals surface area contributed by atoms with Gasteiger partial charge in [-0.05, 0) is 62.9 Å². The lowest BCUT2D eigenvalue weighted by Gasteiger charge is -2.38. The third kappa shape index (κ3) is 5.45. The van der Waals surface area contributed by atoms with Gasteiger partial charge in [0.15, 0.2) is 5.82 Å². The molecule has 0 radical (unpaired) electrons. The van der Waals surface area contributed by atoms with Crippen molar-refractivity contribution in [3.63, 3.8) is 0 Å². The fourth-order valence-corrected chi connectivity index (χ4v) is 4.23. The smallest absolute Gasteiger partial charge is 0.299 e. The molecule has 0 spiro atoms. The van der Waals surface area contributed by atoms with Gasteiger partial charge < -0.3 is 9.64 Å². The molecule has 1 atom stereocenters. The molecule has 1 aliphatic heterocycles. The van der Waals surface area contributed by atoms with Crippen LogP contribution in [-0.4, -0.2) is 43.4 Å². The normalized spacial score (nSPS) is 16.4. The summed E-state index contributed by atoms with van der Waals surface area (Å²) in [4.78, 5) is 16.1. The highest BCUT2D eigenvalue weighted by Gasteiger charge is 2.23. The largest absolute Gasteiger partial charge is 0.430 e. The first-order chi connectivity index (χ1) is 14.7. The molecule has 1 aliphatic rings. The van der Waals surface area contributed by atoms with E-state index in [-0.39, 0.29) is 17.8 Å². The number of likely N-dealkylation sites (tertiary alicyclic amines) is 1. The van der Waals surface area contributed by atoms with E-state index in [1.165, 1.54) is 35.6 Å². The SMILES string of the molecule is Cc1cc(Oc2nc(-c3cnc(C(C)(C)C)cn3)ns2)c(C)cc1CCN1CCC1C.Cl. The van der Waals surface area contributed by atoms with Crippen molar-refractivity contribution in [1.29, 1.82) is 0 Å². The average Bonchev–Trinajstić information content (AvgIpc) is 3.18. The maximum atomic E-state index is 6.09. The summed E-state index contributed by atoms with van der Waals surface area (Å²) in [6.07, 6.45) is 5.92. The van der Waals surface area contributed by atoms with Crippen LogP contribution in [0.3, 0.4) is 0 Å². The predicted molar refractivity (Wildman–Crippen MR) is 132 cm³/mol. The zero-order valence-electron chi connectivity index (χ0n) is 19.7. The Kier molecular flexibility index (Phi) is 7.53. The monoisotopic (exact) mass is 473 g/mol. The molecule has 0 saturated carbocycles. The van der Waals surface area contributed by atoms with E-state index < -0.39 is 0 Å². The van der Waals surface area contributed by atoms with Crippen LogP contribution in [0.2, 0.25) is 0 Å². The summed E-state index contributed by atoms with van der Waals surface area (Å²) in [6.45, 7) is 15.2. The second kappa shape index (κ2) is 9.81. The summed E-state index contributed by atoms with van der Waals surface area (Å²) < 4.78 is 10.5. The van der Waals surface area contributed by atoms with Crippen LogP contribution in [0, 0.1) is 13.8 Å². The number of ether oxygens (including phenoxy) is 1. The molecule has 32 heavy (non-hydrogen) atoms. The van der Waals surface area contributed by atoms with Gasteiger partial charge in [-0.25, -0.2) is 4.98 Å². The number of nitrogens with zero attached hydrogens (tertiary/aromatic N) is 5. The van der Waals surface area contributed by atoms with Crippen LogP contribution >= 0.6 is 23.9 Å². The quantitative estimate of drug-likeness (QED) is 0.453. The molecule has 0 bridgehead atoms. The van der Waals surface area contributed by atoms with Crippen LogP contribution in [0.5, 0.6) is 10.9 Å². The molecule has 4 rings (SSSR count). The molecule has 3 heterocycles. The highest BCUT2D eigenvalue weighted by Crippen LogP contribution is 2.31. The molecule has 0 N–H and O–H groups in total. The van der Waals surface area contributed by atoms with Crippen LogP contribution in [0.1, 0.15) is 56.5 Å². The number of halogens is 1. The number of hydrogen-bond acceptors (Lipinski definition) is 7. The van der Waals surface area contributed by atoms with Crippen molar-refractivity contribution in [3.8, 4) is 22.5 Å². The Morgan fingerprint density at radius 3 is 2.50 bits per heavy atom. The predicted octanol–water partition coefficient (Wildman–Crippen LogP) is 5.76. The first-order valence-corrected chi connectivity index (χ1v) is 11.7. The van der Waals surface area contributed by atoms with Crippen molar-refractivity contribution in [1.82, 2.24) is 24.2 Å². The Morgan fingerprint density at radius 1 is 1.12 bits per heavy atom. The fraction of sp³-hybridized carbons (Fsp3) is 0.500. The second-order valence-corrected chi connectivity index (χ2v) is 10.2. The summed E-state index contributed by atoms with van der Waals surface area (Å²) in [6, 6.07) is 5.08. The van der Waals surface area contributed by atoms with E-state index in [1.807, 2.05) is 0 Å². The van der Waals surface area contributed by atoms with Crippen LogP contribution in [0.25, 0.3) is 11.5 Å². The van der Waals surface area contributed by atoms with Crippen LogP contribution in [0.4, 0.5) is 0 Å². The van der Waals surface area contributed by atoms with E-state index in [0.717, 1.165) is 36.0 Å². The van der Waals surface area contributed by atoms with Gasteiger partial charge in [-0.15, -0.1) is 12.4 Å². The summed E-state index contributed by atoms with van der Waals surface area (Å²) >= 11 is 1.23. The maximum absolute atomic E-state index is 6.09. The molecular weight excluding hydrogens is 442 g/mol. The Labute approximate surface area is 201 Å². The highest BCUT2D eigenvalue weighted by atomic mass is 35.5. The lowest BCUT2D eigenvalue weighted by atomic mass is 9.93. The molecule has 172 valence electrons. The Bertz CT molecular complexity index is 1060. The van der Waals surface area contributed by atoms with Gasteiger partial charge in [0.2, 0.25) is 0 Å². The van der Waals surface area contributed by atoms with Crippen LogP contribution in [-0.2, 0) is 11.8 Å². The summed E-state index contributed by atoms with van der Waals surface area (Å²) in [7, 11) is 0. The third-order valence-electron chi connectivity index (χ3n) is 6.01. The molecule has 3 aromatic rings. The average molecular weight is 474 g/mol. The molecule has 1 unspecified atom stereocenters. The standard InChI is InChI=1S/C24H31N5OS.ClH/c1-15-12-20(16(2)11-18(15)8-10-29-9-7-17(29)3)30-23-27-22(28-31-23)19-13-26-21(14-25-19)24(4,5)6;/h11-14,17H,7-10H2,1-6H3;1H. The van der Waals surface area contributed by atoms with E-state index in [1.54, 1.807) is 12.4 Å². The Morgan fingerprint density at radius 2 is 1.91 bits per heavy atom. The molecule has 1 saturated heterocycles. The zero-order chi connectivity index (χ0) is 22.2. The summed E-state index contributed by atoms with van der Waals surface area (Å²) in [5.41, 5.74) is 5.31.